The van der Waals surface area contributed by atoms with Crippen molar-refractivity contribution in [3.05, 3.63) is 12.2 Å². The summed E-state index contributed by atoms with van der Waals surface area (Å²) in [4.78, 5) is 20.1. The molecule has 15 heavy (non-hydrogen) atoms. The molecular formula is C10H17NO4. The van der Waals surface area contributed by atoms with Gasteiger partial charge in [-0.2, -0.15) is 0 Å². The van der Waals surface area contributed by atoms with Gasteiger partial charge in [-0.25, -0.2) is 0 Å². The van der Waals surface area contributed by atoms with Gasteiger partial charge in [0.2, 0.25) is 0 Å². The molecule has 0 aliphatic carbocycles. The third kappa shape index (κ3) is 9.11. The number of rotatable bonds is 5. The van der Waals surface area contributed by atoms with Gasteiger partial charge < -0.3 is 9.47 Å². The molecule has 86 valence electrons. The zero-order valence-corrected chi connectivity index (χ0v) is 9.12. The second-order valence-electron chi connectivity index (χ2n) is 2.58. The summed E-state index contributed by atoms with van der Waals surface area (Å²) in [7, 11) is 0. The predicted molar refractivity (Wildman–Crippen MR) is 55.3 cm³/mol. The molecule has 2 amide bonds. The number of ether oxygens (including phenoxy) is 2. The molecule has 0 atom stereocenters. The summed E-state index contributed by atoms with van der Waals surface area (Å²) in [5.74, 6) is -0.657. The van der Waals surface area contributed by atoms with Gasteiger partial charge in [-0.05, 0) is 13.8 Å². The van der Waals surface area contributed by atoms with Crippen LogP contribution >= 0.6 is 0 Å². The van der Waals surface area contributed by atoms with Crippen LogP contribution in [0.2, 0.25) is 0 Å². The molecule has 5 nitrogen and oxygen atoms in total. The highest BCUT2D eigenvalue weighted by Crippen LogP contribution is 1.82. The van der Waals surface area contributed by atoms with Crippen LogP contribution in [0.4, 0.5) is 0 Å². The van der Waals surface area contributed by atoms with E-state index in [-0.39, 0.29) is 11.8 Å². The zero-order valence-electron chi connectivity index (χ0n) is 9.12. The summed E-state index contributed by atoms with van der Waals surface area (Å²) in [5.41, 5.74) is 0. The van der Waals surface area contributed by atoms with E-state index in [0.29, 0.717) is 0 Å². The molecule has 0 aromatic carbocycles. The molecule has 5 heteroatoms. The van der Waals surface area contributed by atoms with E-state index in [2.05, 4.69) is 0 Å². The highest BCUT2D eigenvalue weighted by atomic mass is 16.5. The van der Waals surface area contributed by atoms with Gasteiger partial charge in [-0.15, -0.1) is 0 Å². The van der Waals surface area contributed by atoms with Crippen molar-refractivity contribution < 1.29 is 19.1 Å². The molecule has 0 bridgehead atoms. The van der Waals surface area contributed by atoms with Crippen LogP contribution in [0.5, 0.6) is 0 Å². The Morgan fingerprint density at radius 2 is 1.40 bits per heavy atom. The minimum absolute atomic E-state index is 0.329. The van der Waals surface area contributed by atoms with Crippen LogP contribution in [0.25, 0.3) is 0 Å². The molecule has 1 aliphatic heterocycles. The highest BCUT2D eigenvalue weighted by molar-refractivity contribution is 6.12. The average molecular weight is 215 g/mol. The third-order valence-electron chi connectivity index (χ3n) is 1.41. The summed E-state index contributed by atoms with van der Waals surface area (Å²) in [6, 6.07) is 0. The number of nitrogens with one attached hydrogen (secondary N) is 1. The summed E-state index contributed by atoms with van der Waals surface area (Å²) < 4.78 is 10.0. The normalized spacial score (nSPS) is 13.5. The van der Waals surface area contributed by atoms with Crippen molar-refractivity contribution in [3.8, 4) is 0 Å². The van der Waals surface area contributed by atoms with Crippen molar-refractivity contribution in [1.82, 2.24) is 5.32 Å². The summed E-state index contributed by atoms with van der Waals surface area (Å²) in [6.45, 7) is 6.98. The third-order valence-corrected chi connectivity index (χ3v) is 1.41. The first-order valence-corrected chi connectivity index (χ1v) is 4.89. The highest BCUT2D eigenvalue weighted by Gasteiger charge is 2.06. The average Bonchev–Trinajstić information content (AvgIpc) is 2.58. The van der Waals surface area contributed by atoms with Crippen molar-refractivity contribution in [2.75, 3.05) is 26.4 Å². The van der Waals surface area contributed by atoms with E-state index >= 15 is 0 Å². The Bertz CT molecular complexity index is 203. The standard InChI is InChI=1S/C6H14O2.C4H3NO2/c1-3-7-5-6-8-4-2;6-3-1-2-4(7)5-3/h3-6H2,1-2H3;1-2H,(H,5,6,7). The van der Waals surface area contributed by atoms with Gasteiger partial charge in [0.05, 0.1) is 13.2 Å². The Morgan fingerprint density at radius 3 is 1.60 bits per heavy atom. The number of imide groups is 1. The van der Waals surface area contributed by atoms with Gasteiger partial charge in [-0.1, -0.05) is 0 Å². The summed E-state index contributed by atoms with van der Waals surface area (Å²) in [6.07, 6.45) is 2.39. The Morgan fingerprint density at radius 1 is 1.00 bits per heavy atom. The van der Waals surface area contributed by atoms with E-state index in [1.807, 2.05) is 19.2 Å². The molecule has 1 N–H and O–H groups in total. The number of hydrogen-bond acceptors (Lipinski definition) is 4. The molecule has 1 heterocycles. The maximum Gasteiger partial charge on any atom is 0.250 e. The van der Waals surface area contributed by atoms with Gasteiger partial charge in [0, 0.05) is 25.4 Å². The Labute approximate surface area is 89.4 Å². The fraction of sp³-hybridized carbons (Fsp3) is 0.600. The number of hydrogen-bond donors (Lipinski definition) is 1. The Kier molecular flexibility index (Phi) is 8.61. The first kappa shape index (κ1) is 13.8. The van der Waals surface area contributed by atoms with Crippen molar-refractivity contribution in [2.24, 2.45) is 0 Å². The molecule has 0 aromatic heterocycles. The molecule has 0 unspecified atom stereocenters. The first-order valence-electron chi connectivity index (χ1n) is 4.89. The van der Waals surface area contributed by atoms with Gasteiger partial charge in [-0.3, -0.25) is 14.9 Å². The molecule has 0 spiro atoms. The van der Waals surface area contributed by atoms with Gasteiger partial charge in [0.25, 0.3) is 11.8 Å². The quantitative estimate of drug-likeness (QED) is 0.527. The van der Waals surface area contributed by atoms with E-state index in [1.165, 1.54) is 12.2 Å². The molecular weight excluding hydrogens is 198 g/mol. The van der Waals surface area contributed by atoms with Crippen LogP contribution in [-0.4, -0.2) is 38.2 Å². The molecule has 0 saturated carbocycles. The zero-order chi connectivity index (χ0) is 11.5. The number of carbonyl (C=O) groups is 2. The first-order chi connectivity index (χ1) is 7.20. The predicted octanol–water partition coefficient (Wildman–Crippen LogP) is 0.258. The van der Waals surface area contributed by atoms with Gasteiger partial charge in [0.1, 0.15) is 0 Å². The molecule has 0 fully saturated rings. The van der Waals surface area contributed by atoms with E-state index in [9.17, 15) is 9.59 Å². The van der Waals surface area contributed by atoms with Gasteiger partial charge >= 0.3 is 0 Å². The maximum atomic E-state index is 10.0. The fourth-order valence-corrected chi connectivity index (χ4v) is 0.763. The van der Waals surface area contributed by atoms with Crippen LogP contribution < -0.4 is 5.32 Å². The second kappa shape index (κ2) is 9.36. The van der Waals surface area contributed by atoms with E-state index in [4.69, 9.17) is 9.47 Å². The van der Waals surface area contributed by atoms with Crippen molar-refractivity contribution >= 4 is 11.8 Å². The van der Waals surface area contributed by atoms with Crippen LogP contribution in [0.1, 0.15) is 13.8 Å². The SMILES string of the molecule is CCOCCOCC.O=C1C=CC(=O)N1. The molecule has 0 aromatic rings. The van der Waals surface area contributed by atoms with Crippen LogP contribution in [-0.2, 0) is 19.1 Å². The maximum absolute atomic E-state index is 10.0. The minimum atomic E-state index is -0.329. The van der Waals surface area contributed by atoms with E-state index < -0.39 is 0 Å². The van der Waals surface area contributed by atoms with Crippen LogP contribution in [0.3, 0.4) is 0 Å². The van der Waals surface area contributed by atoms with Crippen LogP contribution in [0, 0.1) is 0 Å². The van der Waals surface area contributed by atoms with E-state index in [1.54, 1.807) is 0 Å². The van der Waals surface area contributed by atoms with Gasteiger partial charge in [0.15, 0.2) is 0 Å². The minimum Gasteiger partial charge on any atom is -0.379 e. The molecule has 1 aliphatic rings. The largest absolute Gasteiger partial charge is 0.379 e. The lowest BCUT2D eigenvalue weighted by molar-refractivity contribution is -0.123. The smallest absolute Gasteiger partial charge is 0.250 e. The number of amides is 2. The summed E-state index contributed by atoms with van der Waals surface area (Å²) >= 11 is 0. The lowest BCUT2D eigenvalue weighted by Gasteiger charge is -1.99. The lowest BCUT2D eigenvalue weighted by Crippen LogP contribution is -2.19. The lowest BCUT2D eigenvalue weighted by atomic mass is 10.6. The summed E-state index contributed by atoms with van der Waals surface area (Å²) in [5, 5.41) is 2.03. The van der Waals surface area contributed by atoms with E-state index in [0.717, 1.165) is 26.4 Å². The molecule has 0 saturated heterocycles. The second-order valence-corrected chi connectivity index (χ2v) is 2.58. The number of carbonyl (C=O) groups excluding carboxylic acids is 2. The topological polar surface area (TPSA) is 64.6 Å². The van der Waals surface area contributed by atoms with Crippen LogP contribution in [0.15, 0.2) is 12.2 Å². The van der Waals surface area contributed by atoms with Crippen molar-refractivity contribution in [2.45, 2.75) is 13.8 Å². The monoisotopic (exact) mass is 215 g/mol. The Balaban J connectivity index is 0.000000262. The Hall–Kier alpha value is -1.20. The van der Waals surface area contributed by atoms with Crippen molar-refractivity contribution in [1.29, 1.82) is 0 Å². The molecule has 0 radical (unpaired) electrons. The fourth-order valence-electron chi connectivity index (χ4n) is 0.763. The molecule has 1 rings (SSSR count). The van der Waals surface area contributed by atoms with Crippen molar-refractivity contribution in [3.63, 3.8) is 0 Å².